The number of nitrogens with zero attached hydrogens (tertiary/aromatic N) is 3. The van der Waals surface area contributed by atoms with Crippen LogP contribution in [0.2, 0.25) is 0 Å². The highest BCUT2D eigenvalue weighted by atomic mass is 79.9. The van der Waals surface area contributed by atoms with Crippen LogP contribution in [0, 0.1) is 0 Å². The number of carbonyl (C=O) groups excluding carboxylic acids is 1. The third-order valence-electron chi connectivity index (χ3n) is 2.79. The fourth-order valence-electron chi connectivity index (χ4n) is 1.95. The third-order valence-corrected chi connectivity index (χ3v) is 3.19. The summed E-state index contributed by atoms with van der Waals surface area (Å²) in [6, 6.07) is 1.87. The standard InChI is InChI=1S/C12H17BrN4O/c1-2-4-10-15-9(13)7-11(16-10)17-6-3-5-14-12(18)8-17/h7H,2-6,8H2,1H3,(H,14,18). The van der Waals surface area contributed by atoms with Gasteiger partial charge < -0.3 is 10.2 Å². The minimum Gasteiger partial charge on any atom is -0.354 e. The molecule has 1 N–H and O–H groups in total. The summed E-state index contributed by atoms with van der Waals surface area (Å²) in [6.07, 6.45) is 2.80. The molecule has 2 heterocycles. The quantitative estimate of drug-likeness (QED) is 0.860. The molecule has 6 heteroatoms. The van der Waals surface area contributed by atoms with Crippen LogP contribution in [0.25, 0.3) is 0 Å². The Labute approximate surface area is 115 Å². The third kappa shape index (κ3) is 3.41. The van der Waals surface area contributed by atoms with E-state index in [4.69, 9.17) is 0 Å². The average molecular weight is 313 g/mol. The Balaban J connectivity index is 2.22. The Hall–Kier alpha value is -1.17. The summed E-state index contributed by atoms with van der Waals surface area (Å²) >= 11 is 3.41. The van der Waals surface area contributed by atoms with Crippen LogP contribution in [-0.2, 0) is 11.2 Å². The van der Waals surface area contributed by atoms with Gasteiger partial charge in [-0.05, 0) is 28.8 Å². The normalized spacial score (nSPS) is 16.3. The van der Waals surface area contributed by atoms with Crippen LogP contribution in [0.15, 0.2) is 10.7 Å². The van der Waals surface area contributed by atoms with Crippen molar-refractivity contribution in [3.8, 4) is 0 Å². The predicted molar refractivity (Wildman–Crippen MR) is 73.6 cm³/mol. The highest BCUT2D eigenvalue weighted by molar-refractivity contribution is 9.10. The van der Waals surface area contributed by atoms with Crippen LogP contribution in [0.4, 0.5) is 5.82 Å². The summed E-state index contributed by atoms with van der Waals surface area (Å²) in [7, 11) is 0. The maximum Gasteiger partial charge on any atom is 0.239 e. The van der Waals surface area contributed by atoms with Gasteiger partial charge in [0.25, 0.3) is 0 Å². The van der Waals surface area contributed by atoms with Gasteiger partial charge in [-0.1, -0.05) is 6.92 Å². The highest BCUT2D eigenvalue weighted by Gasteiger charge is 2.17. The molecular weight excluding hydrogens is 296 g/mol. The minimum absolute atomic E-state index is 0.0549. The second kappa shape index (κ2) is 6.13. The molecule has 5 nitrogen and oxygen atoms in total. The maximum atomic E-state index is 11.6. The molecule has 0 radical (unpaired) electrons. The number of amides is 1. The number of nitrogens with one attached hydrogen (secondary N) is 1. The Kier molecular flexibility index (Phi) is 4.52. The first-order chi connectivity index (χ1) is 8.69. The number of hydrogen-bond donors (Lipinski definition) is 1. The van der Waals surface area contributed by atoms with E-state index in [0.717, 1.165) is 48.6 Å². The molecule has 0 spiro atoms. The van der Waals surface area contributed by atoms with E-state index >= 15 is 0 Å². The summed E-state index contributed by atoms with van der Waals surface area (Å²) in [4.78, 5) is 22.4. The van der Waals surface area contributed by atoms with Gasteiger partial charge in [0.15, 0.2) is 0 Å². The number of aryl methyl sites for hydroxylation is 1. The van der Waals surface area contributed by atoms with Gasteiger partial charge in [0.1, 0.15) is 16.2 Å². The zero-order valence-electron chi connectivity index (χ0n) is 10.4. The summed E-state index contributed by atoms with van der Waals surface area (Å²) in [5.41, 5.74) is 0. The zero-order valence-corrected chi connectivity index (χ0v) is 12.0. The summed E-state index contributed by atoms with van der Waals surface area (Å²) in [5, 5.41) is 2.86. The lowest BCUT2D eigenvalue weighted by Gasteiger charge is -2.20. The number of rotatable bonds is 3. The van der Waals surface area contributed by atoms with Crippen molar-refractivity contribution in [2.45, 2.75) is 26.2 Å². The molecule has 0 atom stereocenters. The maximum absolute atomic E-state index is 11.6. The fraction of sp³-hybridized carbons (Fsp3) is 0.583. The number of hydrogen-bond acceptors (Lipinski definition) is 4. The Morgan fingerprint density at radius 2 is 2.33 bits per heavy atom. The smallest absolute Gasteiger partial charge is 0.239 e. The number of aromatic nitrogens is 2. The van der Waals surface area contributed by atoms with Gasteiger partial charge >= 0.3 is 0 Å². The summed E-state index contributed by atoms with van der Waals surface area (Å²) in [6.45, 7) is 4.05. The molecule has 1 aliphatic heterocycles. The highest BCUT2D eigenvalue weighted by Crippen LogP contribution is 2.18. The van der Waals surface area contributed by atoms with E-state index in [0.29, 0.717) is 6.54 Å². The van der Waals surface area contributed by atoms with Gasteiger partial charge in [-0.3, -0.25) is 4.79 Å². The van der Waals surface area contributed by atoms with Crippen LogP contribution in [0.1, 0.15) is 25.6 Å². The molecule has 1 aromatic rings. The van der Waals surface area contributed by atoms with Gasteiger partial charge in [-0.25, -0.2) is 9.97 Å². The van der Waals surface area contributed by atoms with Gasteiger partial charge in [0, 0.05) is 25.6 Å². The Morgan fingerprint density at radius 1 is 1.50 bits per heavy atom. The number of carbonyl (C=O) groups is 1. The lowest BCUT2D eigenvalue weighted by Crippen LogP contribution is -2.33. The summed E-state index contributed by atoms with van der Waals surface area (Å²) < 4.78 is 0.778. The summed E-state index contributed by atoms with van der Waals surface area (Å²) in [5.74, 6) is 1.71. The molecule has 0 saturated carbocycles. The lowest BCUT2D eigenvalue weighted by molar-refractivity contribution is -0.119. The van der Waals surface area contributed by atoms with Crippen LogP contribution >= 0.6 is 15.9 Å². The number of anilines is 1. The van der Waals surface area contributed by atoms with Crippen LogP contribution in [0.5, 0.6) is 0 Å². The van der Waals surface area contributed by atoms with Gasteiger partial charge in [-0.15, -0.1) is 0 Å². The van der Waals surface area contributed by atoms with E-state index in [1.54, 1.807) is 0 Å². The molecule has 0 aromatic carbocycles. The van der Waals surface area contributed by atoms with Crippen LogP contribution in [0.3, 0.4) is 0 Å². The fourth-order valence-corrected chi connectivity index (χ4v) is 2.36. The molecule has 1 fully saturated rings. The molecule has 1 aromatic heterocycles. The van der Waals surface area contributed by atoms with E-state index in [1.807, 2.05) is 11.0 Å². The first-order valence-electron chi connectivity index (χ1n) is 6.24. The lowest BCUT2D eigenvalue weighted by atomic mass is 10.3. The monoisotopic (exact) mass is 312 g/mol. The number of halogens is 1. The van der Waals surface area contributed by atoms with Crippen molar-refractivity contribution in [3.63, 3.8) is 0 Å². The van der Waals surface area contributed by atoms with Gasteiger partial charge in [0.05, 0.1) is 6.54 Å². The minimum atomic E-state index is 0.0549. The van der Waals surface area contributed by atoms with E-state index in [-0.39, 0.29) is 5.91 Å². The van der Waals surface area contributed by atoms with Crippen LogP contribution in [-0.4, -0.2) is 35.5 Å². The average Bonchev–Trinajstić information content (AvgIpc) is 2.53. The molecule has 0 aliphatic carbocycles. The van der Waals surface area contributed by atoms with Crippen molar-refractivity contribution in [2.75, 3.05) is 24.5 Å². The molecule has 2 rings (SSSR count). The molecule has 0 unspecified atom stereocenters. The van der Waals surface area contributed by atoms with Crippen molar-refractivity contribution in [1.82, 2.24) is 15.3 Å². The van der Waals surface area contributed by atoms with E-state index in [9.17, 15) is 4.79 Å². The second-order valence-electron chi connectivity index (χ2n) is 4.34. The Bertz CT molecular complexity index is 438. The van der Waals surface area contributed by atoms with Crippen molar-refractivity contribution >= 4 is 27.7 Å². The molecule has 1 saturated heterocycles. The van der Waals surface area contributed by atoms with Crippen molar-refractivity contribution < 1.29 is 4.79 Å². The van der Waals surface area contributed by atoms with E-state index in [1.165, 1.54) is 0 Å². The van der Waals surface area contributed by atoms with Crippen LogP contribution < -0.4 is 10.2 Å². The first kappa shape index (κ1) is 13.3. The van der Waals surface area contributed by atoms with E-state index in [2.05, 4.69) is 38.1 Å². The molecule has 0 bridgehead atoms. The second-order valence-corrected chi connectivity index (χ2v) is 5.15. The molecule has 18 heavy (non-hydrogen) atoms. The SMILES string of the molecule is CCCc1nc(Br)cc(N2CCCNC(=O)C2)n1. The van der Waals surface area contributed by atoms with E-state index < -0.39 is 0 Å². The van der Waals surface area contributed by atoms with Gasteiger partial charge in [0.2, 0.25) is 5.91 Å². The Morgan fingerprint density at radius 3 is 3.11 bits per heavy atom. The largest absolute Gasteiger partial charge is 0.354 e. The van der Waals surface area contributed by atoms with Crippen molar-refractivity contribution in [1.29, 1.82) is 0 Å². The van der Waals surface area contributed by atoms with Crippen molar-refractivity contribution in [3.05, 3.63) is 16.5 Å². The van der Waals surface area contributed by atoms with Gasteiger partial charge in [-0.2, -0.15) is 0 Å². The first-order valence-corrected chi connectivity index (χ1v) is 7.03. The molecule has 98 valence electrons. The molecule has 1 aliphatic rings. The predicted octanol–water partition coefficient (Wildman–Crippen LogP) is 1.52. The molecule has 1 amide bonds. The topological polar surface area (TPSA) is 58.1 Å². The zero-order chi connectivity index (χ0) is 13.0. The van der Waals surface area contributed by atoms with Crippen molar-refractivity contribution in [2.24, 2.45) is 0 Å². The molecular formula is C12H17BrN4O.